The van der Waals surface area contributed by atoms with Crippen LogP contribution in [0.4, 0.5) is 5.69 Å². The molecule has 168 valence electrons. The van der Waals surface area contributed by atoms with Crippen molar-refractivity contribution in [3.8, 4) is 11.5 Å². The minimum absolute atomic E-state index is 0.0246. The van der Waals surface area contributed by atoms with E-state index in [0.717, 1.165) is 37.1 Å². The summed E-state index contributed by atoms with van der Waals surface area (Å²) >= 11 is 0. The number of fused-ring (bicyclic) bond motifs is 1. The summed E-state index contributed by atoms with van der Waals surface area (Å²) in [6, 6.07) is 16.1. The van der Waals surface area contributed by atoms with Gasteiger partial charge in [-0.15, -0.1) is 0 Å². The number of rotatable bonds is 5. The first-order valence-corrected chi connectivity index (χ1v) is 11.0. The SMILES string of the molecule is CC(C)(C)N1CCN(CC(=O)Nc2ccc(Oc3cc(=O)[nH]c4ccccc34)cc2)CC1. The van der Waals surface area contributed by atoms with E-state index in [-0.39, 0.29) is 17.0 Å². The van der Waals surface area contributed by atoms with Crippen molar-refractivity contribution in [3.63, 3.8) is 0 Å². The van der Waals surface area contributed by atoms with Crippen molar-refractivity contribution in [1.82, 2.24) is 14.8 Å². The van der Waals surface area contributed by atoms with Crippen molar-refractivity contribution in [2.75, 3.05) is 38.0 Å². The Kier molecular flexibility index (Phi) is 6.30. The van der Waals surface area contributed by atoms with Crippen molar-refractivity contribution in [3.05, 3.63) is 65.0 Å². The fourth-order valence-corrected chi connectivity index (χ4v) is 3.97. The van der Waals surface area contributed by atoms with Crippen LogP contribution in [0, 0.1) is 0 Å². The number of aromatic nitrogens is 1. The lowest BCUT2D eigenvalue weighted by molar-refractivity contribution is -0.117. The first kappa shape index (κ1) is 22.0. The Hall–Kier alpha value is -3.16. The van der Waals surface area contributed by atoms with Gasteiger partial charge in [-0.2, -0.15) is 0 Å². The standard InChI is InChI=1S/C25H30N4O3/c1-25(2,3)29-14-12-28(13-15-29)17-24(31)26-18-8-10-19(11-9-18)32-22-16-23(30)27-21-7-5-4-6-20(21)22/h4-11,16H,12-15,17H2,1-3H3,(H,26,31)(H,27,30). The van der Waals surface area contributed by atoms with Gasteiger partial charge in [0, 0.05) is 48.9 Å². The van der Waals surface area contributed by atoms with Crippen LogP contribution in [0.5, 0.6) is 11.5 Å². The molecule has 1 saturated heterocycles. The first-order chi connectivity index (χ1) is 15.3. The number of pyridine rings is 1. The van der Waals surface area contributed by atoms with Gasteiger partial charge in [0.1, 0.15) is 11.5 Å². The van der Waals surface area contributed by atoms with Crippen molar-refractivity contribution in [2.24, 2.45) is 0 Å². The van der Waals surface area contributed by atoms with Gasteiger partial charge in [-0.05, 0) is 57.2 Å². The highest BCUT2D eigenvalue weighted by molar-refractivity contribution is 5.92. The molecule has 1 aromatic heterocycles. The molecular weight excluding hydrogens is 404 g/mol. The number of H-pyrrole nitrogens is 1. The lowest BCUT2D eigenvalue weighted by Crippen LogP contribution is -2.54. The van der Waals surface area contributed by atoms with Crippen LogP contribution in [0.15, 0.2) is 59.4 Å². The monoisotopic (exact) mass is 434 g/mol. The highest BCUT2D eigenvalue weighted by atomic mass is 16.5. The molecule has 0 unspecified atom stereocenters. The van der Waals surface area contributed by atoms with E-state index in [1.165, 1.54) is 6.07 Å². The normalized spacial score (nSPS) is 15.6. The Morgan fingerprint density at radius 1 is 1.03 bits per heavy atom. The molecule has 0 radical (unpaired) electrons. The molecule has 4 rings (SSSR count). The summed E-state index contributed by atoms with van der Waals surface area (Å²) in [4.78, 5) is 31.8. The van der Waals surface area contributed by atoms with Crippen LogP contribution in [0.3, 0.4) is 0 Å². The molecule has 1 aliphatic heterocycles. The summed E-state index contributed by atoms with van der Waals surface area (Å²) in [5, 5.41) is 3.79. The minimum atomic E-state index is -0.217. The van der Waals surface area contributed by atoms with E-state index in [2.05, 4.69) is 40.9 Å². The summed E-state index contributed by atoms with van der Waals surface area (Å²) < 4.78 is 5.95. The molecule has 0 saturated carbocycles. The maximum atomic E-state index is 12.5. The van der Waals surface area contributed by atoms with E-state index in [0.29, 0.717) is 23.7 Å². The van der Waals surface area contributed by atoms with E-state index in [1.807, 2.05) is 24.3 Å². The number of para-hydroxylation sites is 1. The van der Waals surface area contributed by atoms with Gasteiger partial charge in [0.05, 0.1) is 12.1 Å². The van der Waals surface area contributed by atoms with Gasteiger partial charge >= 0.3 is 0 Å². The van der Waals surface area contributed by atoms with Gasteiger partial charge < -0.3 is 15.0 Å². The number of ether oxygens (including phenoxy) is 1. The molecule has 3 aromatic rings. The quantitative estimate of drug-likeness (QED) is 0.641. The van der Waals surface area contributed by atoms with Crippen LogP contribution in [0.2, 0.25) is 0 Å². The lowest BCUT2D eigenvalue weighted by Gasteiger charge is -2.42. The average Bonchev–Trinajstić information content (AvgIpc) is 2.75. The summed E-state index contributed by atoms with van der Waals surface area (Å²) in [5.74, 6) is 1.07. The fourth-order valence-electron chi connectivity index (χ4n) is 3.97. The highest BCUT2D eigenvalue weighted by Crippen LogP contribution is 2.28. The Morgan fingerprint density at radius 2 is 1.72 bits per heavy atom. The van der Waals surface area contributed by atoms with E-state index >= 15 is 0 Å². The predicted molar refractivity (Wildman–Crippen MR) is 127 cm³/mol. The van der Waals surface area contributed by atoms with Crippen molar-refractivity contribution in [1.29, 1.82) is 0 Å². The number of hydrogen-bond donors (Lipinski definition) is 2. The third-order valence-electron chi connectivity index (χ3n) is 5.77. The topological polar surface area (TPSA) is 77.7 Å². The summed E-state index contributed by atoms with van der Waals surface area (Å²) in [6.45, 7) is 10.8. The van der Waals surface area contributed by atoms with Crippen molar-refractivity contribution < 1.29 is 9.53 Å². The molecule has 0 bridgehead atoms. The van der Waals surface area contributed by atoms with Crippen LogP contribution in [0.1, 0.15) is 20.8 Å². The summed E-state index contributed by atoms with van der Waals surface area (Å²) in [6.07, 6.45) is 0. The second kappa shape index (κ2) is 9.14. The maximum Gasteiger partial charge on any atom is 0.252 e. The molecule has 1 amide bonds. The molecule has 0 atom stereocenters. The van der Waals surface area contributed by atoms with Crippen LogP contribution in [-0.2, 0) is 4.79 Å². The number of piperazine rings is 1. The lowest BCUT2D eigenvalue weighted by atomic mass is 10.1. The van der Waals surface area contributed by atoms with Crippen molar-refractivity contribution in [2.45, 2.75) is 26.3 Å². The van der Waals surface area contributed by atoms with Gasteiger partial charge in [0.2, 0.25) is 5.91 Å². The molecule has 1 fully saturated rings. The molecule has 2 aromatic carbocycles. The zero-order valence-corrected chi connectivity index (χ0v) is 18.9. The zero-order chi connectivity index (χ0) is 22.7. The summed E-state index contributed by atoms with van der Waals surface area (Å²) in [7, 11) is 0. The number of carbonyl (C=O) groups is 1. The first-order valence-electron chi connectivity index (χ1n) is 11.0. The van der Waals surface area contributed by atoms with Crippen LogP contribution >= 0.6 is 0 Å². The second-order valence-corrected chi connectivity index (χ2v) is 9.15. The molecule has 1 aliphatic rings. The summed E-state index contributed by atoms with van der Waals surface area (Å²) in [5.41, 5.74) is 1.39. The third-order valence-corrected chi connectivity index (χ3v) is 5.77. The van der Waals surface area contributed by atoms with E-state index < -0.39 is 0 Å². The Bertz CT molecular complexity index is 1140. The molecular formula is C25H30N4O3. The van der Waals surface area contributed by atoms with Gasteiger partial charge in [-0.3, -0.25) is 19.4 Å². The average molecular weight is 435 g/mol. The van der Waals surface area contributed by atoms with E-state index in [1.54, 1.807) is 24.3 Å². The van der Waals surface area contributed by atoms with Crippen LogP contribution < -0.4 is 15.6 Å². The number of benzene rings is 2. The van der Waals surface area contributed by atoms with Gasteiger partial charge in [0.15, 0.2) is 0 Å². The van der Waals surface area contributed by atoms with Gasteiger partial charge in [-0.1, -0.05) is 12.1 Å². The smallest absolute Gasteiger partial charge is 0.252 e. The number of hydrogen-bond acceptors (Lipinski definition) is 5. The number of amides is 1. The van der Waals surface area contributed by atoms with E-state index in [9.17, 15) is 9.59 Å². The number of carbonyl (C=O) groups excluding carboxylic acids is 1. The fraction of sp³-hybridized carbons (Fsp3) is 0.360. The Labute approximate surface area is 188 Å². The van der Waals surface area contributed by atoms with Gasteiger partial charge in [-0.25, -0.2) is 0 Å². The molecule has 7 nitrogen and oxygen atoms in total. The number of anilines is 1. The zero-order valence-electron chi connectivity index (χ0n) is 18.9. The second-order valence-electron chi connectivity index (χ2n) is 9.15. The molecule has 2 N–H and O–H groups in total. The molecule has 7 heteroatoms. The molecule has 0 aliphatic carbocycles. The number of nitrogens with zero attached hydrogens (tertiary/aromatic N) is 2. The van der Waals surface area contributed by atoms with E-state index in [4.69, 9.17) is 4.74 Å². The molecule has 0 spiro atoms. The maximum absolute atomic E-state index is 12.5. The van der Waals surface area contributed by atoms with Crippen LogP contribution in [-0.4, -0.2) is 59.0 Å². The largest absolute Gasteiger partial charge is 0.456 e. The number of nitrogens with one attached hydrogen (secondary N) is 2. The molecule has 32 heavy (non-hydrogen) atoms. The predicted octanol–water partition coefficient (Wildman–Crippen LogP) is 3.68. The molecule has 2 heterocycles. The van der Waals surface area contributed by atoms with Gasteiger partial charge in [0.25, 0.3) is 5.56 Å². The van der Waals surface area contributed by atoms with Crippen LogP contribution in [0.25, 0.3) is 10.9 Å². The third kappa shape index (κ3) is 5.36. The minimum Gasteiger partial charge on any atom is -0.456 e. The van der Waals surface area contributed by atoms with Crippen molar-refractivity contribution >= 4 is 22.5 Å². The highest BCUT2D eigenvalue weighted by Gasteiger charge is 2.26. The number of aromatic amines is 1. The Morgan fingerprint density at radius 3 is 2.41 bits per heavy atom. The Balaban J connectivity index is 1.34.